The van der Waals surface area contributed by atoms with E-state index in [1.165, 1.54) is 31.4 Å². The number of hydrogen-bond donors (Lipinski definition) is 1. The number of benzene rings is 1. The summed E-state index contributed by atoms with van der Waals surface area (Å²) in [4.78, 5) is 0. The summed E-state index contributed by atoms with van der Waals surface area (Å²) in [6, 6.07) is 4.87. The van der Waals surface area contributed by atoms with Crippen molar-refractivity contribution in [2.45, 2.75) is 51.6 Å². The Bertz CT molecular complexity index is 401. The molecule has 3 unspecified atom stereocenters. The molecular weight excluding hydrogens is 307 g/mol. The first-order chi connectivity index (χ1) is 9.08. The SMILES string of the molecule is CCC1CCCC(C(O)Cc2cc(F)cc(Br)c2)C1. The molecule has 106 valence electrons. The Morgan fingerprint density at radius 1 is 1.37 bits per heavy atom. The highest BCUT2D eigenvalue weighted by atomic mass is 79.9. The second-order valence-corrected chi connectivity index (χ2v) is 6.67. The third-order valence-corrected chi connectivity index (χ3v) is 4.77. The minimum atomic E-state index is -0.344. The van der Waals surface area contributed by atoms with Gasteiger partial charge in [-0.3, -0.25) is 0 Å². The van der Waals surface area contributed by atoms with E-state index in [1.54, 1.807) is 0 Å². The number of halogens is 2. The predicted molar refractivity (Wildman–Crippen MR) is 79.5 cm³/mol. The van der Waals surface area contributed by atoms with Gasteiger partial charge in [0, 0.05) is 4.47 Å². The van der Waals surface area contributed by atoms with Crippen LogP contribution >= 0.6 is 15.9 Å². The molecule has 0 aliphatic heterocycles. The van der Waals surface area contributed by atoms with Crippen LogP contribution < -0.4 is 0 Å². The quantitative estimate of drug-likeness (QED) is 0.848. The first kappa shape index (κ1) is 15.0. The molecule has 3 atom stereocenters. The van der Waals surface area contributed by atoms with Crippen molar-refractivity contribution >= 4 is 15.9 Å². The molecule has 0 heterocycles. The molecule has 0 amide bonds. The van der Waals surface area contributed by atoms with Gasteiger partial charge in [0.1, 0.15) is 5.82 Å². The van der Waals surface area contributed by atoms with E-state index < -0.39 is 0 Å². The molecule has 1 nitrogen and oxygen atoms in total. The molecule has 0 aromatic heterocycles. The van der Waals surface area contributed by atoms with E-state index in [0.717, 1.165) is 28.8 Å². The Morgan fingerprint density at radius 2 is 2.16 bits per heavy atom. The van der Waals surface area contributed by atoms with Crippen molar-refractivity contribution in [3.8, 4) is 0 Å². The summed E-state index contributed by atoms with van der Waals surface area (Å²) in [5.74, 6) is 0.889. The molecule has 1 aromatic carbocycles. The highest BCUT2D eigenvalue weighted by Crippen LogP contribution is 2.34. The normalized spacial score (nSPS) is 25.3. The van der Waals surface area contributed by atoms with Gasteiger partial charge in [0.05, 0.1) is 6.10 Å². The molecular formula is C16H22BrFO. The van der Waals surface area contributed by atoms with E-state index in [0.29, 0.717) is 12.3 Å². The second kappa shape index (κ2) is 6.85. The molecule has 1 aromatic rings. The van der Waals surface area contributed by atoms with Crippen molar-refractivity contribution in [1.29, 1.82) is 0 Å². The maximum atomic E-state index is 13.3. The molecule has 19 heavy (non-hydrogen) atoms. The lowest BCUT2D eigenvalue weighted by Gasteiger charge is -2.31. The van der Waals surface area contributed by atoms with E-state index >= 15 is 0 Å². The van der Waals surface area contributed by atoms with E-state index in [-0.39, 0.29) is 11.9 Å². The minimum Gasteiger partial charge on any atom is -0.392 e. The van der Waals surface area contributed by atoms with Gasteiger partial charge in [0.15, 0.2) is 0 Å². The number of aliphatic hydroxyl groups excluding tert-OH is 1. The highest BCUT2D eigenvalue weighted by Gasteiger charge is 2.26. The van der Waals surface area contributed by atoms with Gasteiger partial charge in [0.25, 0.3) is 0 Å². The van der Waals surface area contributed by atoms with Gasteiger partial charge >= 0.3 is 0 Å². The molecule has 3 heteroatoms. The zero-order valence-corrected chi connectivity index (χ0v) is 13.0. The largest absolute Gasteiger partial charge is 0.392 e. The minimum absolute atomic E-state index is 0.244. The summed E-state index contributed by atoms with van der Waals surface area (Å²) < 4.78 is 14.1. The average Bonchev–Trinajstić information content (AvgIpc) is 2.37. The molecule has 2 rings (SSSR count). The molecule has 1 saturated carbocycles. The Hall–Kier alpha value is -0.410. The summed E-state index contributed by atoms with van der Waals surface area (Å²) in [7, 11) is 0. The number of rotatable bonds is 4. The lowest BCUT2D eigenvalue weighted by molar-refractivity contribution is 0.0684. The van der Waals surface area contributed by atoms with Crippen molar-refractivity contribution < 1.29 is 9.50 Å². The van der Waals surface area contributed by atoms with Crippen LogP contribution in [0.2, 0.25) is 0 Å². The number of aliphatic hydroxyl groups is 1. The summed E-state index contributed by atoms with van der Waals surface area (Å²) in [6.45, 7) is 2.23. The Balaban J connectivity index is 1.98. The average molecular weight is 329 g/mol. The maximum Gasteiger partial charge on any atom is 0.124 e. The van der Waals surface area contributed by atoms with Crippen molar-refractivity contribution in [3.05, 3.63) is 34.1 Å². The molecule has 1 aliphatic rings. The summed E-state index contributed by atoms with van der Waals surface area (Å²) in [5, 5.41) is 10.4. The third kappa shape index (κ3) is 4.28. The first-order valence-electron chi connectivity index (χ1n) is 7.21. The Kier molecular flexibility index (Phi) is 5.40. The molecule has 1 fully saturated rings. The summed E-state index contributed by atoms with van der Waals surface area (Å²) in [5.41, 5.74) is 0.873. The zero-order chi connectivity index (χ0) is 13.8. The van der Waals surface area contributed by atoms with Crippen molar-refractivity contribution in [1.82, 2.24) is 0 Å². The van der Waals surface area contributed by atoms with Crippen LogP contribution in [0.5, 0.6) is 0 Å². The van der Waals surface area contributed by atoms with Crippen molar-refractivity contribution in [3.63, 3.8) is 0 Å². The zero-order valence-electron chi connectivity index (χ0n) is 11.4. The van der Waals surface area contributed by atoms with E-state index in [1.807, 2.05) is 6.07 Å². The van der Waals surface area contributed by atoms with Gasteiger partial charge in [-0.1, -0.05) is 42.1 Å². The maximum absolute atomic E-state index is 13.3. The van der Waals surface area contributed by atoms with Crippen LogP contribution in [0.4, 0.5) is 4.39 Å². The van der Waals surface area contributed by atoms with Crippen LogP contribution in [0.25, 0.3) is 0 Å². The Labute approximate surface area is 123 Å². The van der Waals surface area contributed by atoms with Gasteiger partial charge in [-0.25, -0.2) is 4.39 Å². The predicted octanol–water partition coefficient (Wildman–Crippen LogP) is 4.71. The topological polar surface area (TPSA) is 20.2 Å². The molecule has 1 N–H and O–H groups in total. The summed E-state index contributed by atoms with van der Waals surface area (Å²) >= 11 is 3.30. The number of hydrogen-bond acceptors (Lipinski definition) is 1. The molecule has 1 aliphatic carbocycles. The van der Waals surface area contributed by atoms with Gasteiger partial charge < -0.3 is 5.11 Å². The highest BCUT2D eigenvalue weighted by molar-refractivity contribution is 9.10. The van der Waals surface area contributed by atoms with Crippen LogP contribution in [0.3, 0.4) is 0 Å². The van der Waals surface area contributed by atoms with E-state index in [9.17, 15) is 9.50 Å². The van der Waals surface area contributed by atoms with Gasteiger partial charge in [-0.2, -0.15) is 0 Å². The molecule has 0 saturated heterocycles. The van der Waals surface area contributed by atoms with E-state index in [2.05, 4.69) is 22.9 Å². The fourth-order valence-corrected chi connectivity index (χ4v) is 3.70. The fraction of sp³-hybridized carbons (Fsp3) is 0.625. The standard InChI is InChI=1S/C16H22BrFO/c1-2-11-4-3-5-13(6-11)16(19)9-12-7-14(17)10-15(18)8-12/h7-8,10-11,13,16,19H,2-6,9H2,1H3. The van der Waals surface area contributed by atoms with Crippen molar-refractivity contribution in [2.75, 3.05) is 0 Å². The Morgan fingerprint density at radius 3 is 2.84 bits per heavy atom. The van der Waals surface area contributed by atoms with Crippen LogP contribution in [0, 0.1) is 17.7 Å². The van der Waals surface area contributed by atoms with Gasteiger partial charge in [0.2, 0.25) is 0 Å². The molecule has 0 spiro atoms. The van der Waals surface area contributed by atoms with Crippen LogP contribution in [0.1, 0.15) is 44.6 Å². The lowest BCUT2D eigenvalue weighted by atomic mass is 9.76. The lowest BCUT2D eigenvalue weighted by Crippen LogP contribution is -2.28. The monoisotopic (exact) mass is 328 g/mol. The van der Waals surface area contributed by atoms with Gasteiger partial charge in [-0.15, -0.1) is 0 Å². The van der Waals surface area contributed by atoms with Crippen LogP contribution in [0.15, 0.2) is 22.7 Å². The second-order valence-electron chi connectivity index (χ2n) is 5.75. The summed E-state index contributed by atoms with van der Waals surface area (Å²) in [6.07, 6.45) is 6.15. The van der Waals surface area contributed by atoms with Gasteiger partial charge in [-0.05, 0) is 54.9 Å². The van der Waals surface area contributed by atoms with Crippen LogP contribution in [-0.4, -0.2) is 11.2 Å². The fourth-order valence-electron chi connectivity index (χ4n) is 3.19. The third-order valence-electron chi connectivity index (χ3n) is 4.31. The first-order valence-corrected chi connectivity index (χ1v) is 8.00. The smallest absolute Gasteiger partial charge is 0.124 e. The van der Waals surface area contributed by atoms with E-state index in [4.69, 9.17) is 0 Å². The van der Waals surface area contributed by atoms with Crippen molar-refractivity contribution in [2.24, 2.45) is 11.8 Å². The molecule has 0 radical (unpaired) electrons. The molecule has 0 bridgehead atoms. The van der Waals surface area contributed by atoms with Crippen LogP contribution in [-0.2, 0) is 6.42 Å².